The van der Waals surface area contributed by atoms with E-state index in [9.17, 15) is 19.5 Å². The Balaban J connectivity index is 1.37. The van der Waals surface area contributed by atoms with Crippen LogP contribution in [0.3, 0.4) is 0 Å². The molecule has 2 bridgehead atoms. The normalized spacial score (nSPS) is 32.1. The number of rotatable bonds is 8. The molecule has 1 aliphatic carbocycles. The van der Waals surface area contributed by atoms with Gasteiger partial charge in [0.1, 0.15) is 11.6 Å². The molecule has 0 radical (unpaired) electrons. The van der Waals surface area contributed by atoms with Gasteiger partial charge in [-0.15, -0.1) is 0 Å². The largest absolute Gasteiger partial charge is 0.394 e. The number of amides is 3. The van der Waals surface area contributed by atoms with Crippen molar-refractivity contribution < 1.29 is 24.2 Å². The lowest BCUT2D eigenvalue weighted by molar-refractivity contribution is -0.149. The van der Waals surface area contributed by atoms with Crippen LogP contribution < -0.4 is 10.6 Å². The number of aliphatic hydroxyl groups excluding tert-OH is 1. The molecule has 3 N–H and O–H groups in total. The quantitative estimate of drug-likeness (QED) is 0.471. The maximum Gasteiger partial charge on any atom is 0.246 e. The number of fused-ring (bicyclic) bond motifs is 1. The predicted octanol–water partition coefficient (Wildman–Crippen LogP) is 3.44. The summed E-state index contributed by atoms with van der Waals surface area (Å²) in [6.07, 6.45) is 6.61. The molecule has 8 nitrogen and oxygen atoms in total. The Morgan fingerprint density at radius 3 is 2.35 bits per heavy atom. The van der Waals surface area contributed by atoms with Crippen LogP contribution in [0.4, 0.5) is 5.69 Å². The summed E-state index contributed by atoms with van der Waals surface area (Å²) < 4.78 is 6.75. The first-order valence-electron chi connectivity index (χ1n) is 14.7. The second kappa shape index (κ2) is 10.6. The highest BCUT2D eigenvalue weighted by atomic mass is 16.5. The fourth-order valence-corrected chi connectivity index (χ4v) is 7.86. The first-order chi connectivity index (χ1) is 19.4. The lowest BCUT2D eigenvalue weighted by Crippen LogP contribution is -2.59. The van der Waals surface area contributed by atoms with Gasteiger partial charge in [0.25, 0.3) is 0 Å². The van der Waals surface area contributed by atoms with E-state index >= 15 is 0 Å². The molecule has 3 amide bonds. The minimum Gasteiger partial charge on any atom is -0.394 e. The zero-order valence-electron chi connectivity index (χ0n) is 23.1. The minimum atomic E-state index is -1.12. The fraction of sp³-hybridized carbons (Fsp3) is 0.531. The van der Waals surface area contributed by atoms with Gasteiger partial charge in [0.05, 0.1) is 30.1 Å². The highest BCUT2D eigenvalue weighted by Gasteiger charge is 2.78. The van der Waals surface area contributed by atoms with Gasteiger partial charge < -0.3 is 25.4 Å². The van der Waals surface area contributed by atoms with E-state index in [1.54, 1.807) is 4.90 Å². The van der Waals surface area contributed by atoms with Gasteiger partial charge >= 0.3 is 0 Å². The number of aliphatic hydroxyl groups is 1. The summed E-state index contributed by atoms with van der Waals surface area (Å²) in [5.41, 5.74) is -0.360. The molecule has 212 valence electrons. The van der Waals surface area contributed by atoms with Crippen LogP contribution >= 0.6 is 0 Å². The van der Waals surface area contributed by atoms with Gasteiger partial charge in [-0.25, -0.2) is 0 Å². The van der Waals surface area contributed by atoms with Crippen molar-refractivity contribution >= 4 is 23.4 Å². The number of hydrogen-bond acceptors (Lipinski definition) is 5. The lowest BCUT2D eigenvalue weighted by Gasteiger charge is -2.38. The van der Waals surface area contributed by atoms with Gasteiger partial charge in [0, 0.05) is 11.7 Å². The molecule has 8 heteroatoms. The van der Waals surface area contributed by atoms with E-state index in [-0.39, 0.29) is 30.4 Å². The van der Waals surface area contributed by atoms with Crippen molar-refractivity contribution in [2.24, 2.45) is 11.8 Å². The zero-order chi connectivity index (χ0) is 27.9. The SMILES string of the molecule is C[C@@]12CCC3(O1)C(C(=O)NC1CCCCC1)N([C@@H](CO)Cc1ccccc1)C(=O)[C@@H]3[C@@H]2C(=O)Nc1ccccc1. The second-order valence-corrected chi connectivity index (χ2v) is 12.2. The third-order valence-electron chi connectivity index (χ3n) is 9.66. The molecule has 3 heterocycles. The third kappa shape index (κ3) is 4.51. The number of anilines is 1. The Hall–Kier alpha value is -3.23. The summed E-state index contributed by atoms with van der Waals surface area (Å²) in [5.74, 6) is -2.34. The predicted molar refractivity (Wildman–Crippen MR) is 150 cm³/mol. The summed E-state index contributed by atoms with van der Waals surface area (Å²) in [6.45, 7) is 1.60. The second-order valence-electron chi connectivity index (χ2n) is 12.2. The van der Waals surface area contributed by atoms with E-state index in [0.717, 1.165) is 37.7 Å². The number of nitrogens with zero attached hydrogens (tertiary/aromatic N) is 1. The standard InChI is InChI=1S/C32H39N3O5/c1-31-17-18-32(40-31)26(25(31)28(37)33-22-13-7-3-8-14-22)30(39)35(24(20-36)19-21-11-5-2-6-12-21)27(32)29(38)34-23-15-9-4-10-16-23/h2-3,5-8,11-14,23-27,36H,4,9-10,15-20H2,1H3,(H,33,37)(H,34,38)/t24-,25-,26+,27?,31+,32?/m1/s1. The molecule has 2 aromatic carbocycles. The molecule has 4 aliphatic rings. The molecule has 2 unspecified atom stereocenters. The summed E-state index contributed by atoms with van der Waals surface area (Å²) in [5, 5.41) is 16.8. The van der Waals surface area contributed by atoms with Gasteiger partial charge in [0.2, 0.25) is 17.7 Å². The Kier molecular flexibility index (Phi) is 7.17. The molecule has 2 aromatic rings. The summed E-state index contributed by atoms with van der Waals surface area (Å²) in [4.78, 5) is 44.0. The van der Waals surface area contributed by atoms with Crippen molar-refractivity contribution in [2.45, 2.75) is 87.6 Å². The number of hydrogen-bond donors (Lipinski definition) is 3. The van der Waals surface area contributed by atoms with Gasteiger partial charge in [-0.05, 0) is 56.7 Å². The zero-order valence-corrected chi connectivity index (χ0v) is 23.1. The number of likely N-dealkylation sites (tertiary alicyclic amines) is 1. The third-order valence-corrected chi connectivity index (χ3v) is 9.66. The molecule has 40 heavy (non-hydrogen) atoms. The first-order valence-corrected chi connectivity index (χ1v) is 14.7. The molecule has 0 aromatic heterocycles. The van der Waals surface area contributed by atoms with Crippen LogP contribution in [0.1, 0.15) is 57.4 Å². The van der Waals surface area contributed by atoms with Crippen molar-refractivity contribution in [3.63, 3.8) is 0 Å². The number of nitrogens with one attached hydrogen (secondary N) is 2. The molecule has 1 saturated carbocycles. The number of benzene rings is 2. The van der Waals surface area contributed by atoms with Crippen molar-refractivity contribution in [3.8, 4) is 0 Å². The topological polar surface area (TPSA) is 108 Å². The van der Waals surface area contributed by atoms with Crippen molar-refractivity contribution in [2.75, 3.05) is 11.9 Å². The molecule has 6 atom stereocenters. The maximum absolute atomic E-state index is 14.5. The summed E-state index contributed by atoms with van der Waals surface area (Å²) in [7, 11) is 0. The Morgan fingerprint density at radius 1 is 1.00 bits per heavy atom. The lowest BCUT2D eigenvalue weighted by atomic mass is 9.66. The van der Waals surface area contributed by atoms with Crippen LogP contribution in [0.5, 0.6) is 0 Å². The number of carbonyl (C=O) groups is 3. The Bertz CT molecular complexity index is 1250. The van der Waals surface area contributed by atoms with Crippen molar-refractivity contribution in [1.82, 2.24) is 10.2 Å². The van der Waals surface area contributed by atoms with E-state index in [4.69, 9.17) is 4.74 Å². The minimum absolute atomic E-state index is 0.0571. The maximum atomic E-state index is 14.5. The van der Waals surface area contributed by atoms with Crippen molar-refractivity contribution in [3.05, 3.63) is 66.2 Å². The molecule has 3 saturated heterocycles. The van der Waals surface area contributed by atoms with Gasteiger partial charge in [-0.1, -0.05) is 67.8 Å². The highest BCUT2D eigenvalue weighted by molar-refractivity contribution is 6.02. The summed E-state index contributed by atoms with van der Waals surface area (Å²) >= 11 is 0. The van der Waals surface area contributed by atoms with Crippen LogP contribution in [-0.2, 0) is 25.5 Å². The average molecular weight is 546 g/mol. The smallest absolute Gasteiger partial charge is 0.246 e. The Morgan fingerprint density at radius 2 is 1.68 bits per heavy atom. The van der Waals surface area contributed by atoms with Crippen LogP contribution in [0.15, 0.2) is 60.7 Å². The Labute approximate surface area is 235 Å². The molecular formula is C32H39N3O5. The summed E-state index contributed by atoms with van der Waals surface area (Å²) in [6, 6.07) is 17.4. The molecule has 4 fully saturated rings. The van der Waals surface area contributed by atoms with E-state index in [2.05, 4.69) is 10.6 Å². The number of ether oxygens (including phenoxy) is 1. The highest BCUT2D eigenvalue weighted by Crippen LogP contribution is 2.63. The molecule has 3 aliphatic heterocycles. The van der Waals surface area contributed by atoms with Crippen LogP contribution in [-0.4, -0.2) is 63.7 Å². The van der Waals surface area contributed by atoms with Gasteiger partial charge in [-0.3, -0.25) is 14.4 Å². The van der Waals surface area contributed by atoms with Gasteiger partial charge in [-0.2, -0.15) is 0 Å². The first kappa shape index (κ1) is 27.0. The number of para-hydroxylation sites is 1. The van der Waals surface area contributed by atoms with Crippen LogP contribution in [0.2, 0.25) is 0 Å². The number of carbonyl (C=O) groups excluding carboxylic acids is 3. The van der Waals surface area contributed by atoms with E-state index < -0.39 is 35.1 Å². The molecular weight excluding hydrogens is 506 g/mol. The molecule has 1 spiro atoms. The fourth-order valence-electron chi connectivity index (χ4n) is 7.86. The van der Waals surface area contributed by atoms with E-state index in [1.165, 1.54) is 0 Å². The van der Waals surface area contributed by atoms with E-state index in [1.807, 2.05) is 67.6 Å². The molecule has 6 rings (SSSR count). The van der Waals surface area contributed by atoms with Gasteiger partial charge in [0.15, 0.2) is 0 Å². The monoisotopic (exact) mass is 545 g/mol. The van der Waals surface area contributed by atoms with Crippen LogP contribution in [0, 0.1) is 11.8 Å². The van der Waals surface area contributed by atoms with Crippen LogP contribution in [0.25, 0.3) is 0 Å². The van der Waals surface area contributed by atoms with Crippen molar-refractivity contribution in [1.29, 1.82) is 0 Å². The average Bonchev–Trinajstić information content (AvgIpc) is 3.54. The van der Waals surface area contributed by atoms with E-state index in [0.29, 0.717) is 24.9 Å².